The van der Waals surface area contributed by atoms with Crippen LogP contribution in [0.25, 0.3) is 0 Å². The Labute approximate surface area is 105 Å². The molecule has 6 nitrogen and oxygen atoms in total. The monoisotopic (exact) mass is 277 g/mol. The first-order chi connectivity index (χ1) is 7.77. The van der Waals surface area contributed by atoms with Crippen LogP contribution in [0.5, 0.6) is 11.5 Å². The second kappa shape index (κ2) is 5.18. The molecule has 6 N–H and O–H groups in total. The minimum atomic E-state index is -3.48. The lowest BCUT2D eigenvalue weighted by Gasteiger charge is -2.27. The van der Waals surface area contributed by atoms with Gasteiger partial charge < -0.3 is 10.2 Å². The third kappa shape index (κ3) is 3.29. The average molecular weight is 277 g/mol. The van der Waals surface area contributed by atoms with Crippen molar-refractivity contribution in [3.63, 3.8) is 0 Å². The maximum Gasteiger partial charge on any atom is 0.300 e. The summed E-state index contributed by atoms with van der Waals surface area (Å²) >= 11 is 3.90. The zero-order valence-corrected chi connectivity index (χ0v) is 11.2. The molecule has 0 fully saturated rings. The van der Waals surface area contributed by atoms with E-state index >= 15 is 0 Å². The summed E-state index contributed by atoms with van der Waals surface area (Å²) < 4.78 is 13.0. The number of phenols is 2. The first-order valence-electron chi connectivity index (χ1n) is 4.97. The molecule has 0 aliphatic carbocycles. The van der Waals surface area contributed by atoms with E-state index < -0.39 is 7.59 Å². The number of anilines is 1. The molecule has 0 bridgehead atoms. The van der Waals surface area contributed by atoms with E-state index in [2.05, 4.69) is 12.6 Å². The molecule has 0 aliphatic rings. The molecule has 8 heteroatoms. The van der Waals surface area contributed by atoms with Gasteiger partial charge >= 0.3 is 7.59 Å². The smallest absolute Gasteiger partial charge is 0.300 e. The first-order valence-corrected chi connectivity index (χ1v) is 7.22. The molecule has 0 unspecified atom stereocenters. The van der Waals surface area contributed by atoms with E-state index in [0.717, 1.165) is 0 Å². The number of benzene rings is 1. The predicted molar refractivity (Wildman–Crippen MR) is 70.6 cm³/mol. The van der Waals surface area contributed by atoms with Crippen molar-refractivity contribution in [2.75, 3.05) is 11.2 Å². The minimum absolute atomic E-state index is 0.0501. The highest BCUT2D eigenvalue weighted by atomic mass is 32.1. The van der Waals surface area contributed by atoms with E-state index in [1.165, 1.54) is 16.8 Å². The van der Waals surface area contributed by atoms with Gasteiger partial charge in [-0.05, 0) is 6.42 Å². The molecule has 0 aliphatic heterocycles. The molecule has 0 aromatic heterocycles. The summed E-state index contributed by atoms with van der Waals surface area (Å²) in [7, 11) is -3.48. The van der Waals surface area contributed by atoms with Crippen molar-refractivity contribution in [1.29, 1.82) is 0 Å². The van der Waals surface area contributed by atoms with E-state index in [1.54, 1.807) is 0 Å². The van der Waals surface area contributed by atoms with Crippen LogP contribution >= 0.6 is 20.2 Å². The van der Waals surface area contributed by atoms with E-state index in [-0.39, 0.29) is 16.4 Å². The van der Waals surface area contributed by atoms with Gasteiger partial charge in [0.05, 0.1) is 10.6 Å². The van der Waals surface area contributed by atoms with Crippen LogP contribution in [0.1, 0.15) is 13.3 Å². The van der Waals surface area contributed by atoms with Crippen LogP contribution in [-0.2, 0) is 4.57 Å². The summed E-state index contributed by atoms with van der Waals surface area (Å²) in [4.78, 5) is 0.0501. The number of nitrogens with two attached hydrogens (primary N) is 2. The SMILES string of the molecule is CCCN(c1cc(O)c(S)c(O)c1)P(N)(N)=O. The Hall–Kier alpha value is -0.880. The highest BCUT2D eigenvalue weighted by Crippen LogP contribution is 2.42. The van der Waals surface area contributed by atoms with Crippen LogP contribution in [0.2, 0.25) is 0 Å². The van der Waals surface area contributed by atoms with Crippen molar-refractivity contribution >= 4 is 25.9 Å². The standard InChI is InChI=1S/C9H16N3O3PS/c1-2-3-12(16(10,11)15)6-4-7(13)9(17)8(14)5-6/h4-5,13-14,17H,2-3H2,1H3,(H4,10,11,15). The fourth-order valence-electron chi connectivity index (χ4n) is 1.42. The maximum absolute atomic E-state index is 11.7. The number of aromatic hydroxyl groups is 2. The molecule has 96 valence electrons. The Bertz CT molecular complexity index is 440. The topological polar surface area (TPSA) is 113 Å². The van der Waals surface area contributed by atoms with Crippen LogP contribution in [0, 0.1) is 0 Å². The summed E-state index contributed by atoms with van der Waals surface area (Å²) in [5.74, 6) is -0.448. The average Bonchev–Trinajstić information content (AvgIpc) is 2.20. The van der Waals surface area contributed by atoms with E-state index in [9.17, 15) is 14.8 Å². The Morgan fingerprint density at radius 1 is 1.35 bits per heavy atom. The summed E-state index contributed by atoms with van der Waals surface area (Å²) in [6.45, 7) is 2.23. The van der Waals surface area contributed by atoms with E-state index in [4.69, 9.17) is 11.0 Å². The molecule has 17 heavy (non-hydrogen) atoms. The zero-order chi connectivity index (χ0) is 13.2. The van der Waals surface area contributed by atoms with Crippen LogP contribution in [0.3, 0.4) is 0 Å². The second-order valence-corrected chi connectivity index (χ2v) is 5.90. The van der Waals surface area contributed by atoms with Crippen molar-refractivity contribution in [2.45, 2.75) is 18.2 Å². The van der Waals surface area contributed by atoms with Gasteiger partial charge in [0.15, 0.2) is 0 Å². The Balaban J connectivity index is 3.25. The van der Waals surface area contributed by atoms with Gasteiger partial charge in [-0.2, -0.15) is 0 Å². The molecule has 1 rings (SSSR count). The maximum atomic E-state index is 11.7. The van der Waals surface area contributed by atoms with Gasteiger partial charge in [-0.25, -0.2) is 0 Å². The lowest BCUT2D eigenvalue weighted by molar-refractivity contribution is 0.429. The third-order valence-corrected chi connectivity index (χ3v) is 3.81. The summed E-state index contributed by atoms with van der Waals surface area (Å²) in [6, 6.07) is 2.62. The summed E-state index contributed by atoms with van der Waals surface area (Å²) in [5, 5.41) is 19.1. The molecule has 0 heterocycles. The normalized spacial score (nSPS) is 11.5. The molecule has 0 saturated heterocycles. The van der Waals surface area contributed by atoms with Gasteiger partial charge in [0.25, 0.3) is 0 Å². The molecule has 0 saturated carbocycles. The molecular weight excluding hydrogens is 261 g/mol. The second-order valence-electron chi connectivity index (χ2n) is 3.63. The molecule has 0 amide bonds. The first kappa shape index (κ1) is 14.2. The lowest BCUT2D eigenvalue weighted by Crippen LogP contribution is -2.29. The van der Waals surface area contributed by atoms with Gasteiger partial charge in [-0.3, -0.25) is 20.2 Å². The van der Waals surface area contributed by atoms with Crippen LogP contribution < -0.4 is 15.7 Å². The number of nitrogens with zero attached hydrogens (tertiary/aromatic N) is 1. The van der Waals surface area contributed by atoms with Crippen molar-refractivity contribution in [3.8, 4) is 11.5 Å². The minimum Gasteiger partial charge on any atom is -0.507 e. The molecule has 0 atom stereocenters. The number of hydrogen-bond donors (Lipinski definition) is 5. The highest BCUT2D eigenvalue weighted by molar-refractivity contribution is 7.80. The fourth-order valence-corrected chi connectivity index (χ4v) is 2.53. The Morgan fingerprint density at radius 3 is 2.18 bits per heavy atom. The lowest BCUT2D eigenvalue weighted by atomic mass is 10.2. The largest absolute Gasteiger partial charge is 0.507 e. The van der Waals surface area contributed by atoms with Gasteiger partial charge in [0, 0.05) is 18.7 Å². The van der Waals surface area contributed by atoms with Gasteiger partial charge in [0.1, 0.15) is 11.5 Å². The quantitative estimate of drug-likeness (QED) is 0.422. The van der Waals surface area contributed by atoms with Crippen LogP contribution in [0.15, 0.2) is 17.0 Å². The Morgan fingerprint density at radius 2 is 1.82 bits per heavy atom. The van der Waals surface area contributed by atoms with Crippen LogP contribution in [0.4, 0.5) is 5.69 Å². The number of thiol groups is 1. The molecule has 0 spiro atoms. The van der Waals surface area contributed by atoms with Gasteiger partial charge in [-0.15, -0.1) is 12.6 Å². The zero-order valence-electron chi connectivity index (χ0n) is 9.37. The van der Waals surface area contributed by atoms with Gasteiger partial charge in [-0.1, -0.05) is 6.92 Å². The Kier molecular flexibility index (Phi) is 4.32. The van der Waals surface area contributed by atoms with Crippen molar-refractivity contribution in [3.05, 3.63) is 12.1 Å². The van der Waals surface area contributed by atoms with E-state index in [0.29, 0.717) is 18.7 Å². The van der Waals surface area contributed by atoms with Crippen molar-refractivity contribution < 1.29 is 14.8 Å². The van der Waals surface area contributed by atoms with E-state index in [1.807, 2.05) is 6.92 Å². The molecule has 0 radical (unpaired) electrons. The highest BCUT2D eigenvalue weighted by Gasteiger charge is 2.22. The molecular formula is C9H16N3O3PS. The number of hydrogen-bond acceptors (Lipinski definition) is 4. The fraction of sp³-hybridized carbons (Fsp3) is 0.333. The number of rotatable bonds is 4. The van der Waals surface area contributed by atoms with Gasteiger partial charge in [0.2, 0.25) is 0 Å². The van der Waals surface area contributed by atoms with Crippen molar-refractivity contribution in [1.82, 2.24) is 0 Å². The summed E-state index contributed by atoms with van der Waals surface area (Å²) in [5.41, 5.74) is 11.1. The number of phenolic OH excluding ortho intramolecular Hbond substituents is 2. The summed E-state index contributed by atoms with van der Waals surface area (Å²) in [6.07, 6.45) is 0.669. The molecule has 1 aromatic rings. The van der Waals surface area contributed by atoms with Crippen LogP contribution in [-0.4, -0.2) is 16.8 Å². The molecule has 1 aromatic carbocycles. The predicted octanol–water partition coefficient (Wildman–Crippen LogP) is 1.63. The van der Waals surface area contributed by atoms with Crippen molar-refractivity contribution in [2.24, 2.45) is 11.0 Å². The third-order valence-electron chi connectivity index (χ3n) is 2.17.